The topological polar surface area (TPSA) is 141 Å². The first-order valence-electron chi connectivity index (χ1n) is 11.5. The molecule has 5 N–H and O–H groups in total. The fourth-order valence-electron chi connectivity index (χ4n) is 4.68. The molecule has 0 amide bonds. The van der Waals surface area contributed by atoms with Crippen LogP contribution in [0.4, 0.5) is 29.1 Å². The molecular formula is C24H24F4N8O2. The highest BCUT2D eigenvalue weighted by Gasteiger charge is 2.45. The summed E-state index contributed by atoms with van der Waals surface area (Å²) in [5.41, 5.74) is 12.4. The molecule has 10 nitrogen and oxygen atoms in total. The van der Waals surface area contributed by atoms with Gasteiger partial charge in [-0.3, -0.25) is 4.98 Å². The van der Waals surface area contributed by atoms with Gasteiger partial charge in [0.1, 0.15) is 23.8 Å². The molecule has 1 saturated heterocycles. The molecule has 5 rings (SSSR count). The van der Waals surface area contributed by atoms with Crippen molar-refractivity contribution in [2.75, 3.05) is 30.8 Å². The van der Waals surface area contributed by atoms with Gasteiger partial charge in [-0.25, -0.2) is 32.5 Å². The summed E-state index contributed by atoms with van der Waals surface area (Å²) >= 11 is 0. The quantitative estimate of drug-likeness (QED) is 0.306. The fraction of sp³-hybridized carbons (Fsp3) is 0.333. The number of aliphatic hydroxyl groups is 1. The van der Waals surface area contributed by atoms with Crippen molar-refractivity contribution in [3.05, 3.63) is 54.2 Å². The summed E-state index contributed by atoms with van der Waals surface area (Å²) in [4.78, 5) is 18.5. The second-order valence-corrected chi connectivity index (χ2v) is 9.15. The van der Waals surface area contributed by atoms with Gasteiger partial charge >= 0.3 is 0 Å². The second kappa shape index (κ2) is 9.68. The number of nitrogen functional groups attached to an aromatic ring is 1. The average Bonchev–Trinajstić information content (AvgIpc) is 3.50. The Morgan fingerprint density at radius 1 is 1.13 bits per heavy atom. The van der Waals surface area contributed by atoms with E-state index in [4.69, 9.17) is 16.2 Å². The van der Waals surface area contributed by atoms with E-state index in [0.29, 0.717) is 22.4 Å². The third-order valence-electron chi connectivity index (χ3n) is 6.75. The van der Waals surface area contributed by atoms with Crippen molar-refractivity contribution in [3.63, 3.8) is 0 Å². The van der Waals surface area contributed by atoms with E-state index < -0.39 is 29.7 Å². The third-order valence-corrected chi connectivity index (χ3v) is 6.75. The predicted octanol–water partition coefficient (Wildman–Crippen LogP) is 2.34. The average molecular weight is 533 g/mol. The summed E-state index contributed by atoms with van der Waals surface area (Å²) in [6.07, 6.45) is -0.679. The molecule has 0 radical (unpaired) electrons. The minimum Gasteiger partial charge on any atom is -0.494 e. The largest absolute Gasteiger partial charge is 0.494 e. The third kappa shape index (κ3) is 4.45. The van der Waals surface area contributed by atoms with Crippen LogP contribution in [0.15, 0.2) is 37.1 Å². The van der Waals surface area contributed by atoms with Crippen LogP contribution >= 0.6 is 0 Å². The SMILES string of the molecule is COc1cc(F)c(-c2cc(Cn3cnc4c(N)ncnc43)c(N3CC[C@@](N)([C@H](O)C(F)F)C3)cn2)cc1F. The van der Waals surface area contributed by atoms with Crippen molar-refractivity contribution in [2.24, 2.45) is 5.73 Å². The van der Waals surface area contributed by atoms with Gasteiger partial charge in [-0.05, 0) is 24.1 Å². The van der Waals surface area contributed by atoms with Crippen molar-refractivity contribution in [2.45, 2.75) is 31.0 Å². The van der Waals surface area contributed by atoms with E-state index in [2.05, 4.69) is 19.9 Å². The smallest absolute Gasteiger partial charge is 0.265 e. The number of rotatable bonds is 7. The summed E-state index contributed by atoms with van der Waals surface area (Å²) in [6, 6.07) is 3.48. The van der Waals surface area contributed by atoms with Gasteiger partial charge in [0.05, 0.1) is 43.1 Å². The molecule has 0 aliphatic carbocycles. The number of aromatic nitrogens is 5. The number of nitrogens with zero attached hydrogens (tertiary/aromatic N) is 6. The summed E-state index contributed by atoms with van der Waals surface area (Å²) in [5.74, 6) is -1.57. The molecule has 14 heteroatoms. The first-order valence-corrected chi connectivity index (χ1v) is 11.5. The van der Waals surface area contributed by atoms with Gasteiger partial charge in [0.2, 0.25) is 0 Å². The van der Waals surface area contributed by atoms with Crippen molar-refractivity contribution in [3.8, 4) is 17.0 Å². The highest BCUT2D eigenvalue weighted by atomic mass is 19.3. The Hall–Kier alpha value is -4.04. The van der Waals surface area contributed by atoms with Crippen LogP contribution in [0.2, 0.25) is 0 Å². The summed E-state index contributed by atoms with van der Waals surface area (Å²) in [6.45, 7) is 0.334. The Balaban J connectivity index is 1.59. The van der Waals surface area contributed by atoms with Gasteiger partial charge in [-0.1, -0.05) is 0 Å². The lowest BCUT2D eigenvalue weighted by Crippen LogP contribution is -2.55. The number of aliphatic hydroxyl groups excluding tert-OH is 1. The molecule has 0 unspecified atom stereocenters. The number of methoxy groups -OCH3 is 1. The number of ether oxygens (including phenoxy) is 1. The number of pyridine rings is 1. The molecule has 0 saturated carbocycles. The van der Waals surface area contributed by atoms with Crippen LogP contribution in [0.5, 0.6) is 5.75 Å². The van der Waals surface area contributed by atoms with E-state index in [1.54, 1.807) is 15.5 Å². The number of hydrogen-bond donors (Lipinski definition) is 3. The molecule has 1 fully saturated rings. The maximum absolute atomic E-state index is 14.9. The van der Waals surface area contributed by atoms with Crippen LogP contribution in [0.1, 0.15) is 12.0 Å². The Kier molecular flexibility index (Phi) is 6.53. The van der Waals surface area contributed by atoms with Crippen LogP contribution in [-0.2, 0) is 6.54 Å². The van der Waals surface area contributed by atoms with Gasteiger partial charge in [0, 0.05) is 24.7 Å². The van der Waals surface area contributed by atoms with Gasteiger partial charge in [0.25, 0.3) is 6.43 Å². The van der Waals surface area contributed by atoms with Gasteiger partial charge in [-0.2, -0.15) is 0 Å². The maximum Gasteiger partial charge on any atom is 0.265 e. The molecule has 0 spiro atoms. The van der Waals surface area contributed by atoms with Gasteiger partial charge in [0.15, 0.2) is 23.0 Å². The second-order valence-electron chi connectivity index (χ2n) is 9.15. The van der Waals surface area contributed by atoms with Gasteiger partial charge < -0.3 is 30.8 Å². The van der Waals surface area contributed by atoms with E-state index in [1.165, 1.54) is 26.0 Å². The van der Waals surface area contributed by atoms with Crippen LogP contribution in [0.25, 0.3) is 22.4 Å². The number of benzene rings is 1. The molecule has 1 aliphatic rings. The Labute approximate surface area is 213 Å². The highest BCUT2D eigenvalue weighted by Crippen LogP contribution is 2.35. The highest BCUT2D eigenvalue weighted by molar-refractivity contribution is 5.81. The molecule has 4 aromatic rings. The number of hydrogen-bond acceptors (Lipinski definition) is 9. The Morgan fingerprint density at radius 3 is 2.66 bits per heavy atom. The molecule has 1 aromatic carbocycles. The minimum absolute atomic E-state index is 0.0716. The van der Waals surface area contributed by atoms with E-state index in [-0.39, 0.29) is 48.9 Å². The lowest BCUT2D eigenvalue weighted by atomic mass is 9.93. The van der Waals surface area contributed by atoms with E-state index >= 15 is 0 Å². The van der Waals surface area contributed by atoms with Crippen LogP contribution in [-0.4, -0.2) is 67.9 Å². The molecular weight excluding hydrogens is 508 g/mol. The summed E-state index contributed by atoms with van der Waals surface area (Å²) < 4.78 is 62.3. The van der Waals surface area contributed by atoms with E-state index in [1.807, 2.05) is 0 Å². The van der Waals surface area contributed by atoms with Crippen molar-refractivity contribution < 1.29 is 27.4 Å². The number of fused-ring (bicyclic) bond motifs is 1. The zero-order valence-corrected chi connectivity index (χ0v) is 20.2. The zero-order chi connectivity index (χ0) is 27.2. The number of nitrogens with two attached hydrogens (primary N) is 2. The number of alkyl halides is 2. The van der Waals surface area contributed by atoms with E-state index in [9.17, 15) is 22.7 Å². The molecule has 38 heavy (non-hydrogen) atoms. The van der Waals surface area contributed by atoms with E-state index in [0.717, 1.165) is 12.1 Å². The lowest BCUT2D eigenvalue weighted by molar-refractivity contribution is -0.0438. The summed E-state index contributed by atoms with van der Waals surface area (Å²) in [5, 5.41) is 10.0. The first kappa shape index (κ1) is 25.6. The fourth-order valence-corrected chi connectivity index (χ4v) is 4.68. The molecule has 3 aromatic heterocycles. The number of halogens is 4. The monoisotopic (exact) mass is 532 g/mol. The molecule has 0 bridgehead atoms. The maximum atomic E-state index is 14.9. The Bertz CT molecular complexity index is 1500. The first-order chi connectivity index (χ1) is 18.1. The predicted molar refractivity (Wildman–Crippen MR) is 131 cm³/mol. The lowest BCUT2D eigenvalue weighted by Gasteiger charge is -2.30. The molecule has 4 heterocycles. The molecule has 200 valence electrons. The van der Waals surface area contributed by atoms with Crippen LogP contribution in [0, 0.1) is 11.6 Å². The minimum atomic E-state index is -3.00. The normalized spacial score (nSPS) is 18.5. The van der Waals surface area contributed by atoms with Crippen molar-refractivity contribution in [1.82, 2.24) is 24.5 Å². The molecule has 2 atom stereocenters. The van der Waals surface area contributed by atoms with Crippen molar-refractivity contribution >= 4 is 22.7 Å². The zero-order valence-electron chi connectivity index (χ0n) is 20.2. The van der Waals surface area contributed by atoms with Crippen LogP contribution in [0.3, 0.4) is 0 Å². The Morgan fingerprint density at radius 2 is 1.92 bits per heavy atom. The number of imidazole rings is 1. The summed E-state index contributed by atoms with van der Waals surface area (Å²) in [7, 11) is 1.23. The van der Waals surface area contributed by atoms with Crippen molar-refractivity contribution in [1.29, 1.82) is 0 Å². The molecule has 1 aliphatic heterocycles. The van der Waals surface area contributed by atoms with Crippen LogP contribution < -0.4 is 21.1 Å². The number of anilines is 2. The van der Waals surface area contributed by atoms with Gasteiger partial charge in [-0.15, -0.1) is 0 Å². The standard InChI is InChI=1S/C24H24F4N8O2/c1-38-18-6-14(25)13(5-15(18)26)16-4-12(8-36-11-34-19-22(29)32-10-33-23(19)36)17(7-31-16)35-3-2-24(30,9-35)20(37)21(27)28/h4-7,10-11,20-21,37H,2-3,8-9,30H2,1H3,(H2,29,32,33)/t20-,24+/m1/s1.